The average molecular weight is 703 g/mol. The summed E-state index contributed by atoms with van der Waals surface area (Å²) in [5.41, 5.74) is 5.98. The number of aliphatic hydroxyl groups is 1. The second-order valence-corrected chi connectivity index (χ2v) is 12.4. The molecular weight excluding hydrogens is 645 g/mol. The summed E-state index contributed by atoms with van der Waals surface area (Å²) in [6.07, 6.45) is 11.8. The minimum absolute atomic E-state index is 0.103. The number of carbonyl (C=O) groups is 1. The Labute approximate surface area is 303 Å². The molecule has 0 aliphatic heterocycles. The van der Waals surface area contributed by atoms with Crippen LogP contribution in [0.5, 0.6) is 0 Å². The largest absolute Gasteiger partial charge is 0.509 e. The van der Waals surface area contributed by atoms with Gasteiger partial charge in [0.15, 0.2) is 0 Å². The standard InChI is InChI=1S/C37H49N3O4P.C2H2O.C2H6/c1-8-13-17-34(10-3)44-37(41)43-29(7)45-24-23-31(9-2)36(28(6)39-11-4)40(27-42-12-5)26-30-19-21-32(22-20-30)35-18-15-14-16-33(35)25-38;1-2-3;1-2/h9,14-16,18-22,29,34,45H,2,6,8,10,12-13,17,23-24,26-27H2,1,3-5,7H3;1,3H;1-2H3/q+1;;/b36-31-;;. The van der Waals surface area contributed by atoms with Gasteiger partial charge in [0, 0.05) is 13.2 Å². The summed E-state index contributed by atoms with van der Waals surface area (Å²) < 4.78 is 17.0. The van der Waals surface area contributed by atoms with Crippen molar-refractivity contribution in [1.82, 2.24) is 4.90 Å². The number of ether oxygens (including phenoxy) is 3. The lowest BCUT2D eigenvalue weighted by molar-refractivity contribution is 0.0152. The van der Waals surface area contributed by atoms with Crippen molar-refractivity contribution in [2.24, 2.45) is 0 Å². The molecule has 3 atom stereocenters. The van der Waals surface area contributed by atoms with Gasteiger partial charge in [0.1, 0.15) is 30.5 Å². The number of carbonyl (C=O) groups excluding carboxylic acids is 1. The molecule has 0 aliphatic carbocycles. The van der Waals surface area contributed by atoms with E-state index in [0.29, 0.717) is 46.1 Å². The third-order valence-corrected chi connectivity index (χ3v) is 8.45. The zero-order valence-corrected chi connectivity index (χ0v) is 32.1. The van der Waals surface area contributed by atoms with Gasteiger partial charge < -0.3 is 24.2 Å². The molecule has 0 aromatic heterocycles. The summed E-state index contributed by atoms with van der Waals surface area (Å²) in [6, 6.07) is 20.9. The fraction of sp³-hybridized carbons (Fsp3) is 0.439. The maximum Gasteiger partial charge on any atom is 0.509 e. The first-order valence-corrected chi connectivity index (χ1v) is 18.5. The van der Waals surface area contributed by atoms with Gasteiger partial charge in [-0.1, -0.05) is 111 Å². The lowest BCUT2D eigenvalue weighted by atomic mass is 9.99. The predicted octanol–water partition coefficient (Wildman–Crippen LogP) is 10.8. The van der Waals surface area contributed by atoms with Crippen molar-refractivity contribution >= 4 is 14.7 Å². The lowest BCUT2D eigenvalue weighted by Gasteiger charge is -2.26. The smallest absolute Gasteiger partial charge is 0.462 e. The molecule has 2 aromatic rings. The van der Waals surface area contributed by atoms with Crippen molar-refractivity contribution in [2.45, 2.75) is 99.1 Å². The fourth-order valence-electron chi connectivity index (χ4n) is 4.85. The highest BCUT2D eigenvalue weighted by Crippen LogP contribution is 2.30. The van der Waals surface area contributed by atoms with Crippen LogP contribution in [0.1, 0.15) is 91.7 Å². The number of nitriles is 1. The number of hydrogen-bond acceptors (Lipinski definition) is 7. The SMILES string of the molecule is C#CO.C=C/C(CCPC(C)OC(=O)OC(CC)CCCC)=C(\C(=C)[N+]#CC)N(COCC)Cc1ccc(-c2ccccc2C#N)cc1.CC. The van der Waals surface area contributed by atoms with E-state index in [1.54, 1.807) is 6.92 Å². The molecule has 0 saturated carbocycles. The number of benzene rings is 2. The third kappa shape index (κ3) is 17.2. The number of aliphatic hydroxyl groups excluding tert-OH is 1. The van der Waals surface area contributed by atoms with Gasteiger partial charge >= 0.3 is 11.9 Å². The molecule has 50 heavy (non-hydrogen) atoms. The molecule has 0 bridgehead atoms. The highest BCUT2D eigenvalue weighted by atomic mass is 31.1. The Kier molecular flexibility index (Phi) is 25.7. The molecule has 0 saturated heterocycles. The Balaban J connectivity index is 0.00000454. The Morgan fingerprint density at radius 2 is 1.80 bits per heavy atom. The summed E-state index contributed by atoms with van der Waals surface area (Å²) in [7, 11) is 0.378. The number of hydrogen-bond donors (Lipinski definition) is 1. The number of unbranched alkanes of at least 4 members (excludes halogenated alkanes) is 1. The van der Waals surface area contributed by atoms with E-state index in [2.05, 4.69) is 60.5 Å². The molecule has 2 aromatic carbocycles. The van der Waals surface area contributed by atoms with E-state index in [0.717, 1.165) is 59.8 Å². The van der Waals surface area contributed by atoms with Crippen LogP contribution in [0.4, 0.5) is 4.79 Å². The van der Waals surface area contributed by atoms with E-state index in [-0.39, 0.29) is 11.9 Å². The van der Waals surface area contributed by atoms with Crippen LogP contribution in [-0.4, -0.2) is 47.6 Å². The van der Waals surface area contributed by atoms with E-state index in [4.69, 9.17) is 19.3 Å². The lowest BCUT2D eigenvalue weighted by Crippen LogP contribution is -2.27. The molecule has 1 N–H and O–H groups in total. The molecule has 0 amide bonds. The van der Waals surface area contributed by atoms with Gasteiger partial charge in [-0.15, -0.1) is 0 Å². The highest BCUT2D eigenvalue weighted by Gasteiger charge is 2.24. The minimum Gasteiger partial charge on any atom is -0.462 e. The van der Waals surface area contributed by atoms with Crippen molar-refractivity contribution in [1.29, 1.82) is 5.26 Å². The highest BCUT2D eigenvalue weighted by molar-refractivity contribution is 7.38. The van der Waals surface area contributed by atoms with E-state index in [1.165, 1.54) is 6.11 Å². The van der Waals surface area contributed by atoms with Crippen LogP contribution >= 0.6 is 8.58 Å². The maximum atomic E-state index is 12.4. The number of allylic oxidation sites excluding steroid dienone is 2. The Hall–Kier alpha value is -4.54. The van der Waals surface area contributed by atoms with Crippen LogP contribution in [-0.2, 0) is 20.8 Å². The number of terminal acetylenes is 1. The third-order valence-electron chi connectivity index (χ3n) is 7.22. The second kappa shape index (κ2) is 28.3. The first-order chi connectivity index (χ1) is 24.2. The molecule has 270 valence electrons. The monoisotopic (exact) mass is 702 g/mol. The summed E-state index contributed by atoms with van der Waals surface area (Å²) in [5.74, 6) is -0.259. The Bertz CT molecular complexity index is 1480. The van der Waals surface area contributed by atoms with Crippen LogP contribution < -0.4 is 0 Å². The first-order valence-electron chi connectivity index (χ1n) is 17.3. The van der Waals surface area contributed by atoms with Crippen molar-refractivity contribution in [2.75, 3.05) is 19.5 Å². The summed E-state index contributed by atoms with van der Waals surface area (Å²) >= 11 is 0. The normalized spacial score (nSPS) is 11.7. The fourth-order valence-corrected chi connectivity index (χ4v) is 5.85. The van der Waals surface area contributed by atoms with Gasteiger partial charge in [0.05, 0.1) is 18.6 Å². The van der Waals surface area contributed by atoms with Crippen LogP contribution in [0.2, 0.25) is 0 Å². The summed E-state index contributed by atoms with van der Waals surface area (Å²) in [6.45, 7) is 23.6. The summed E-state index contributed by atoms with van der Waals surface area (Å²) in [4.78, 5) is 18.9. The zero-order valence-electron chi connectivity index (χ0n) is 31.1. The molecule has 0 heterocycles. The van der Waals surface area contributed by atoms with Crippen LogP contribution in [0, 0.1) is 29.9 Å². The Morgan fingerprint density at radius 1 is 1.14 bits per heavy atom. The topological polar surface area (TPSA) is 96.4 Å². The van der Waals surface area contributed by atoms with E-state index in [1.807, 2.05) is 77.1 Å². The molecule has 9 heteroatoms. The van der Waals surface area contributed by atoms with Gasteiger partial charge in [-0.2, -0.15) is 5.26 Å². The zero-order chi connectivity index (χ0) is 37.7. The van der Waals surface area contributed by atoms with Crippen molar-refractivity contribution in [3.8, 4) is 35.8 Å². The molecule has 0 spiro atoms. The van der Waals surface area contributed by atoms with Crippen molar-refractivity contribution in [3.63, 3.8) is 0 Å². The summed E-state index contributed by atoms with van der Waals surface area (Å²) in [5, 5.41) is 16.6. The maximum absolute atomic E-state index is 12.4. The predicted molar refractivity (Wildman–Crippen MR) is 208 cm³/mol. The van der Waals surface area contributed by atoms with Crippen molar-refractivity contribution < 1.29 is 24.1 Å². The molecular formula is C41H57N3O5P+. The second-order valence-electron chi connectivity index (χ2n) is 10.7. The van der Waals surface area contributed by atoms with Gasteiger partial charge in [-0.3, -0.25) is 0 Å². The van der Waals surface area contributed by atoms with Crippen LogP contribution in [0.3, 0.4) is 0 Å². The Morgan fingerprint density at radius 3 is 2.36 bits per heavy atom. The number of rotatable bonds is 19. The molecule has 0 radical (unpaired) electrons. The number of nitrogens with zero attached hydrogens (tertiary/aromatic N) is 3. The first kappa shape index (κ1) is 45.5. The van der Waals surface area contributed by atoms with Gasteiger partial charge in [-0.05, 0) is 79.0 Å². The van der Waals surface area contributed by atoms with Crippen molar-refractivity contribution in [3.05, 3.63) is 101 Å². The van der Waals surface area contributed by atoms with Crippen LogP contribution in [0.15, 0.2) is 84.7 Å². The van der Waals surface area contributed by atoms with Gasteiger partial charge in [-0.25, -0.2) is 4.79 Å². The average Bonchev–Trinajstić information content (AvgIpc) is 3.13. The molecule has 2 rings (SSSR count). The van der Waals surface area contributed by atoms with E-state index in [9.17, 15) is 10.1 Å². The molecule has 8 nitrogen and oxygen atoms in total. The van der Waals surface area contributed by atoms with E-state index >= 15 is 0 Å². The minimum atomic E-state index is -0.593. The molecule has 0 fully saturated rings. The molecule has 3 unspecified atom stereocenters. The van der Waals surface area contributed by atoms with E-state index < -0.39 is 6.16 Å². The van der Waals surface area contributed by atoms with Crippen LogP contribution in [0.25, 0.3) is 16.0 Å². The van der Waals surface area contributed by atoms with Gasteiger partial charge in [0.25, 0.3) is 6.07 Å². The van der Waals surface area contributed by atoms with Gasteiger partial charge in [0.2, 0.25) is 0 Å². The quantitative estimate of drug-likeness (QED) is 0.0512. The molecule has 0 aliphatic rings.